The summed E-state index contributed by atoms with van der Waals surface area (Å²) in [6, 6.07) is 3.99. The second kappa shape index (κ2) is 6.66. The average Bonchev–Trinajstić information content (AvgIpc) is 2.91. The van der Waals surface area contributed by atoms with Gasteiger partial charge in [0.15, 0.2) is 0 Å². The lowest BCUT2D eigenvalue weighted by atomic mass is 10.0. The van der Waals surface area contributed by atoms with Gasteiger partial charge in [-0.3, -0.25) is 4.68 Å². The van der Waals surface area contributed by atoms with E-state index in [1.807, 2.05) is 19.9 Å². The Kier molecular flexibility index (Phi) is 5.11. The van der Waals surface area contributed by atoms with Crippen molar-refractivity contribution in [2.45, 2.75) is 39.3 Å². The van der Waals surface area contributed by atoms with Crippen molar-refractivity contribution in [2.24, 2.45) is 5.73 Å². The Morgan fingerprint density at radius 2 is 2.05 bits per heavy atom. The molecule has 0 saturated carbocycles. The summed E-state index contributed by atoms with van der Waals surface area (Å²) in [5.41, 5.74) is 7.88. The molecule has 2 N–H and O–H groups in total. The summed E-state index contributed by atoms with van der Waals surface area (Å²) >= 11 is 3.07. The van der Waals surface area contributed by atoms with E-state index in [2.05, 4.69) is 21.0 Å². The number of benzene rings is 1. The first-order valence-corrected chi connectivity index (χ1v) is 7.71. The highest BCUT2D eigenvalue weighted by Gasteiger charge is 2.19. The molecule has 2 aromatic rings. The number of aromatic nitrogens is 2. The maximum atomic E-state index is 14.0. The van der Waals surface area contributed by atoms with Crippen molar-refractivity contribution in [3.05, 3.63) is 51.3 Å². The number of nitrogens with zero attached hydrogens (tertiary/aromatic N) is 2. The molecule has 0 saturated heterocycles. The summed E-state index contributed by atoms with van der Waals surface area (Å²) in [5, 5.41) is 4.41. The van der Waals surface area contributed by atoms with Crippen LogP contribution in [0.2, 0.25) is 0 Å². The van der Waals surface area contributed by atoms with Crippen LogP contribution < -0.4 is 5.73 Å². The normalized spacial score (nSPS) is 12.7. The van der Waals surface area contributed by atoms with E-state index >= 15 is 0 Å². The number of halogens is 3. The number of rotatable bonds is 5. The monoisotopic (exact) mass is 357 g/mol. The highest BCUT2D eigenvalue weighted by molar-refractivity contribution is 9.10. The molecule has 0 aliphatic carbocycles. The van der Waals surface area contributed by atoms with Crippen molar-refractivity contribution in [2.75, 3.05) is 0 Å². The first-order chi connectivity index (χ1) is 9.97. The third-order valence-corrected chi connectivity index (χ3v) is 4.08. The molecule has 1 atom stereocenters. The fraction of sp³-hybridized carbons (Fsp3) is 0.400. The lowest BCUT2D eigenvalue weighted by Crippen LogP contribution is -2.19. The number of hydrogen-bond acceptors (Lipinski definition) is 2. The number of nitrogens with two attached hydrogens (primary N) is 1. The first kappa shape index (κ1) is 16.1. The molecule has 0 aliphatic heterocycles. The molecule has 6 heteroatoms. The predicted molar refractivity (Wildman–Crippen MR) is 82.0 cm³/mol. The molecule has 0 aliphatic rings. The van der Waals surface area contributed by atoms with Crippen LogP contribution in [0, 0.1) is 11.6 Å². The van der Waals surface area contributed by atoms with Crippen LogP contribution in [-0.4, -0.2) is 9.78 Å². The van der Waals surface area contributed by atoms with Crippen molar-refractivity contribution >= 4 is 15.9 Å². The molecule has 2 rings (SSSR count). The van der Waals surface area contributed by atoms with Crippen LogP contribution in [0.1, 0.15) is 36.8 Å². The van der Waals surface area contributed by atoms with E-state index in [0.717, 1.165) is 17.8 Å². The smallest absolute Gasteiger partial charge is 0.143 e. The van der Waals surface area contributed by atoms with E-state index in [0.29, 0.717) is 6.54 Å². The van der Waals surface area contributed by atoms with Gasteiger partial charge in [0.1, 0.15) is 11.6 Å². The summed E-state index contributed by atoms with van der Waals surface area (Å²) in [7, 11) is 0. The van der Waals surface area contributed by atoms with E-state index < -0.39 is 17.7 Å². The van der Waals surface area contributed by atoms with E-state index in [9.17, 15) is 8.78 Å². The summed E-state index contributed by atoms with van der Waals surface area (Å²) in [6.45, 7) is 4.64. The lowest BCUT2D eigenvalue weighted by Gasteiger charge is -2.15. The molecule has 3 nitrogen and oxygen atoms in total. The summed E-state index contributed by atoms with van der Waals surface area (Å²) in [6.07, 6.45) is 0.887. The SMILES string of the molecule is CCc1cc(C(N)Cc2c(F)ccc(Br)c2F)n(CC)n1. The minimum absolute atomic E-state index is 0.00113. The molecule has 1 heterocycles. The van der Waals surface area contributed by atoms with Crippen LogP contribution in [0.5, 0.6) is 0 Å². The van der Waals surface area contributed by atoms with Crippen molar-refractivity contribution < 1.29 is 8.78 Å². The van der Waals surface area contributed by atoms with Gasteiger partial charge in [0.05, 0.1) is 21.9 Å². The third-order valence-electron chi connectivity index (χ3n) is 3.47. The van der Waals surface area contributed by atoms with Gasteiger partial charge in [-0.15, -0.1) is 0 Å². The topological polar surface area (TPSA) is 43.8 Å². The Morgan fingerprint density at radius 3 is 2.67 bits per heavy atom. The highest BCUT2D eigenvalue weighted by atomic mass is 79.9. The molecule has 0 amide bonds. The zero-order valence-electron chi connectivity index (χ0n) is 12.0. The van der Waals surface area contributed by atoms with Crippen molar-refractivity contribution in [3.8, 4) is 0 Å². The zero-order valence-corrected chi connectivity index (χ0v) is 13.6. The number of hydrogen-bond donors (Lipinski definition) is 1. The number of aryl methyl sites for hydroxylation is 2. The maximum absolute atomic E-state index is 14.0. The molecule has 1 aromatic heterocycles. The van der Waals surface area contributed by atoms with Gasteiger partial charge >= 0.3 is 0 Å². The van der Waals surface area contributed by atoms with E-state index in [-0.39, 0.29) is 16.5 Å². The fourth-order valence-electron chi connectivity index (χ4n) is 2.29. The lowest BCUT2D eigenvalue weighted by molar-refractivity contribution is 0.517. The molecule has 0 spiro atoms. The predicted octanol–water partition coefficient (Wildman–Crippen LogP) is 3.75. The maximum Gasteiger partial charge on any atom is 0.143 e. The highest BCUT2D eigenvalue weighted by Crippen LogP contribution is 2.26. The third kappa shape index (κ3) is 3.32. The van der Waals surface area contributed by atoms with Gasteiger partial charge in [-0.2, -0.15) is 5.10 Å². The average molecular weight is 358 g/mol. The molecule has 1 aromatic carbocycles. The van der Waals surface area contributed by atoms with E-state index in [4.69, 9.17) is 5.73 Å². The van der Waals surface area contributed by atoms with Crippen molar-refractivity contribution in [1.29, 1.82) is 0 Å². The molecular weight excluding hydrogens is 340 g/mol. The Labute approximate surface area is 131 Å². The van der Waals surface area contributed by atoms with E-state index in [1.165, 1.54) is 12.1 Å². The zero-order chi connectivity index (χ0) is 15.6. The standard InChI is InChI=1S/C15H18BrF2N3/c1-3-9-7-14(21(4-2)20-9)13(19)8-10-12(17)6-5-11(16)15(10)18/h5-7,13H,3-4,8,19H2,1-2H3. The minimum atomic E-state index is -0.594. The fourth-order valence-corrected chi connectivity index (χ4v) is 2.66. The van der Waals surface area contributed by atoms with Crippen LogP contribution in [0.3, 0.4) is 0 Å². The van der Waals surface area contributed by atoms with Crippen LogP contribution >= 0.6 is 15.9 Å². The van der Waals surface area contributed by atoms with Gasteiger partial charge in [-0.25, -0.2) is 8.78 Å². The minimum Gasteiger partial charge on any atom is -0.322 e. The van der Waals surface area contributed by atoms with Gasteiger partial charge in [-0.05, 0) is 53.9 Å². The van der Waals surface area contributed by atoms with Gasteiger partial charge in [0.25, 0.3) is 0 Å². The van der Waals surface area contributed by atoms with Gasteiger partial charge in [0, 0.05) is 12.1 Å². The van der Waals surface area contributed by atoms with Crippen LogP contribution in [0.4, 0.5) is 8.78 Å². The molecule has 114 valence electrons. The molecular formula is C15H18BrF2N3. The van der Waals surface area contributed by atoms with Crippen molar-refractivity contribution in [3.63, 3.8) is 0 Å². The van der Waals surface area contributed by atoms with E-state index in [1.54, 1.807) is 4.68 Å². The Hall–Kier alpha value is -1.27. The molecule has 21 heavy (non-hydrogen) atoms. The quantitative estimate of drug-likeness (QED) is 0.828. The second-order valence-electron chi connectivity index (χ2n) is 4.86. The molecule has 0 radical (unpaired) electrons. The summed E-state index contributed by atoms with van der Waals surface area (Å²) in [5.74, 6) is -1.17. The Morgan fingerprint density at radius 1 is 1.33 bits per heavy atom. The molecule has 0 bridgehead atoms. The molecule has 1 unspecified atom stereocenters. The van der Waals surface area contributed by atoms with Gasteiger partial charge in [0.2, 0.25) is 0 Å². The van der Waals surface area contributed by atoms with Crippen LogP contribution in [0.15, 0.2) is 22.7 Å². The second-order valence-corrected chi connectivity index (χ2v) is 5.72. The summed E-state index contributed by atoms with van der Waals surface area (Å²) in [4.78, 5) is 0. The van der Waals surface area contributed by atoms with Gasteiger partial charge in [-0.1, -0.05) is 6.92 Å². The largest absolute Gasteiger partial charge is 0.322 e. The van der Waals surface area contributed by atoms with Gasteiger partial charge < -0.3 is 5.73 Å². The Bertz CT molecular complexity index is 640. The molecule has 0 fully saturated rings. The Balaban J connectivity index is 2.32. The summed E-state index contributed by atoms with van der Waals surface area (Å²) < 4.78 is 29.9. The van der Waals surface area contributed by atoms with Crippen LogP contribution in [-0.2, 0) is 19.4 Å². The van der Waals surface area contributed by atoms with Crippen molar-refractivity contribution in [1.82, 2.24) is 9.78 Å². The van der Waals surface area contributed by atoms with Crippen LogP contribution in [0.25, 0.3) is 0 Å². The first-order valence-electron chi connectivity index (χ1n) is 6.92.